The Kier molecular flexibility index (Phi) is 2.74. The fourth-order valence-electron chi connectivity index (χ4n) is 2.96. The molecule has 0 atom stereocenters. The van der Waals surface area contributed by atoms with E-state index in [9.17, 15) is 0 Å². The van der Waals surface area contributed by atoms with Crippen molar-refractivity contribution < 1.29 is 0 Å². The van der Waals surface area contributed by atoms with E-state index >= 15 is 0 Å². The van der Waals surface area contributed by atoms with Crippen LogP contribution in [0.3, 0.4) is 0 Å². The molecule has 0 radical (unpaired) electrons. The zero-order valence-corrected chi connectivity index (χ0v) is 11.3. The molecule has 1 aromatic heterocycles. The van der Waals surface area contributed by atoms with Crippen molar-refractivity contribution in [2.24, 2.45) is 0 Å². The van der Waals surface area contributed by atoms with Gasteiger partial charge in [0.05, 0.1) is 11.2 Å². The predicted molar refractivity (Wildman–Crippen MR) is 76.0 cm³/mol. The van der Waals surface area contributed by atoms with Crippen molar-refractivity contribution in [1.29, 1.82) is 0 Å². The number of H-pyrrole nitrogens is 1. The summed E-state index contributed by atoms with van der Waals surface area (Å²) in [6.07, 6.45) is 6.29. The smallest absolute Gasteiger partial charge is 0.113 e. The van der Waals surface area contributed by atoms with Crippen LogP contribution in [0.2, 0.25) is 5.02 Å². The number of hydrogen-bond acceptors (Lipinski definition) is 2. The zero-order chi connectivity index (χ0) is 12.8. The molecule has 0 bridgehead atoms. The van der Waals surface area contributed by atoms with Crippen molar-refractivity contribution in [3.63, 3.8) is 0 Å². The third kappa shape index (κ3) is 1.87. The molecule has 0 unspecified atom stereocenters. The maximum Gasteiger partial charge on any atom is 0.113 e. The van der Waals surface area contributed by atoms with Crippen LogP contribution in [0.5, 0.6) is 0 Å². The molecule has 0 spiro atoms. The highest BCUT2D eigenvalue weighted by molar-refractivity contribution is 6.31. The van der Waals surface area contributed by atoms with Crippen LogP contribution in [0.4, 0.5) is 5.69 Å². The average molecular weight is 264 g/mol. The molecular weight excluding hydrogens is 246 g/mol. The van der Waals surface area contributed by atoms with Crippen LogP contribution < -0.4 is 5.73 Å². The summed E-state index contributed by atoms with van der Waals surface area (Å²) in [4.78, 5) is 8.12. The second kappa shape index (κ2) is 4.16. The van der Waals surface area contributed by atoms with Crippen LogP contribution in [0.25, 0.3) is 11.0 Å². The van der Waals surface area contributed by atoms with E-state index in [0.717, 1.165) is 16.9 Å². The van der Waals surface area contributed by atoms with E-state index in [2.05, 4.69) is 11.9 Å². The molecule has 1 heterocycles. The molecule has 3 nitrogen and oxygen atoms in total. The van der Waals surface area contributed by atoms with Gasteiger partial charge in [-0.15, -0.1) is 0 Å². The van der Waals surface area contributed by atoms with E-state index in [1.807, 2.05) is 6.07 Å². The number of aromatic nitrogens is 2. The molecule has 0 aliphatic heterocycles. The minimum Gasteiger partial charge on any atom is -0.397 e. The number of hydrogen-bond donors (Lipinski definition) is 2. The van der Waals surface area contributed by atoms with Crippen molar-refractivity contribution in [2.45, 2.75) is 44.4 Å². The first-order chi connectivity index (χ1) is 8.58. The molecule has 1 aromatic carbocycles. The van der Waals surface area contributed by atoms with E-state index in [1.54, 1.807) is 6.07 Å². The van der Waals surface area contributed by atoms with Gasteiger partial charge < -0.3 is 10.7 Å². The number of nitrogens with two attached hydrogens (primary N) is 1. The van der Waals surface area contributed by atoms with Gasteiger partial charge >= 0.3 is 0 Å². The molecule has 1 aliphatic carbocycles. The Hall–Kier alpha value is -1.22. The van der Waals surface area contributed by atoms with Crippen LogP contribution >= 0.6 is 11.6 Å². The van der Waals surface area contributed by atoms with Crippen molar-refractivity contribution >= 4 is 28.3 Å². The standard InChI is InChI=1S/C14H18ClN3/c1-14(5-3-2-4-6-14)13-17-11-8-9(15)7-10(16)12(11)18-13/h7-8H,2-6,16H2,1H3,(H,17,18). The van der Waals surface area contributed by atoms with Crippen LogP contribution in [0, 0.1) is 0 Å². The van der Waals surface area contributed by atoms with E-state index < -0.39 is 0 Å². The lowest BCUT2D eigenvalue weighted by atomic mass is 9.75. The molecule has 3 N–H and O–H groups in total. The van der Waals surface area contributed by atoms with Crippen molar-refractivity contribution in [3.05, 3.63) is 23.0 Å². The first-order valence-corrected chi connectivity index (χ1v) is 6.91. The van der Waals surface area contributed by atoms with Crippen LogP contribution in [-0.2, 0) is 5.41 Å². The SMILES string of the molecule is CC1(c2nc3c(N)cc(Cl)cc3[nH]2)CCCCC1. The molecule has 18 heavy (non-hydrogen) atoms. The molecule has 96 valence electrons. The number of nitrogens with one attached hydrogen (secondary N) is 1. The second-order valence-electron chi connectivity index (χ2n) is 5.60. The zero-order valence-electron chi connectivity index (χ0n) is 10.6. The van der Waals surface area contributed by atoms with Gasteiger partial charge in [0.25, 0.3) is 0 Å². The summed E-state index contributed by atoms with van der Waals surface area (Å²) in [6, 6.07) is 3.66. The number of halogens is 1. The highest BCUT2D eigenvalue weighted by atomic mass is 35.5. The lowest BCUT2D eigenvalue weighted by Gasteiger charge is -2.31. The fourth-order valence-corrected chi connectivity index (χ4v) is 3.19. The molecule has 1 aliphatic rings. The van der Waals surface area contributed by atoms with E-state index in [4.69, 9.17) is 22.3 Å². The summed E-state index contributed by atoms with van der Waals surface area (Å²) in [5.41, 5.74) is 8.59. The Morgan fingerprint density at radius 2 is 2.00 bits per heavy atom. The number of anilines is 1. The Bertz CT molecular complexity index is 582. The summed E-state index contributed by atoms with van der Waals surface area (Å²) < 4.78 is 0. The van der Waals surface area contributed by atoms with Crippen molar-refractivity contribution in [1.82, 2.24) is 9.97 Å². The van der Waals surface area contributed by atoms with E-state index in [-0.39, 0.29) is 5.41 Å². The molecule has 2 aromatic rings. The highest BCUT2D eigenvalue weighted by Crippen LogP contribution is 2.39. The van der Waals surface area contributed by atoms with Gasteiger partial charge in [-0.2, -0.15) is 0 Å². The first-order valence-electron chi connectivity index (χ1n) is 6.54. The number of benzene rings is 1. The third-order valence-corrected chi connectivity index (χ3v) is 4.33. The fraction of sp³-hybridized carbons (Fsp3) is 0.500. The monoisotopic (exact) mass is 263 g/mol. The summed E-state index contributed by atoms with van der Waals surface area (Å²) in [7, 11) is 0. The van der Waals surface area contributed by atoms with Gasteiger partial charge in [-0.1, -0.05) is 37.8 Å². The number of rotatable bonds is 1. The topological polar surface area (TPSA) is 54.7 Å². The van der Waals surface area contributed by atoms with Gasteiger partial charge in [-0.25, -0.2) is 4.98 Å². The Morgan fingerprint density at radius 1 is 1.28 bits per heavy atom. The largest absolute Gasteiger partial charge is 0.397 e. The van der Waals surface area contributed by atoms with Gasteiger partial charge in [-0.05, 0) is 25.0 Å². The van der Waals surface area contributed by atoms with Crippen LogP contribution in [0.1, 0.15) is 44.9 Å². The molecule has 4 heteroatoms. The lowest BCUT2D eigenvalue weighted by Crippen LogP contribution is -2.26. The number of aromatic amines is 1. The summed E-state index contributed by atoms with van der Waals surface area (Å²) >= 11 is 6.03. The Morgan fingerprint density at radius 3 is 2.72 bits per heavy atom. The predicted octanol–water partition coefficient (Wildman–Crippen LogP) is 4.02. The minimum atomic E-state index is 0.163. The van der Waals surface area contributed by atoms with Gasteiger partial charge in [-0.3, -0.25) is 0 Å². The van der Waals surface area contributed by atoms with Crippen molar-refractivity contribution in [3.8, 4) is 0 Å². The third-order valence-electron chi connectivity index (χ3n) is 4.11. The van der Waals surface area contributed by atoms with Gasteiger partial charge in [0, 0.05) is 10.4 Å². The summed E-state index contributed by atoms with van der Waals surface area (Å²) in [5.74, 6) is 1.06. The highest BCUT2D eigenvalue weighted by Gasteiger charge is 2.31. The molecule has 1 fully saturated rings. The Balaban J connectivity index is 2.10. The van der Waals surface area contributed by atoms with E-state index in [0.29, 0.717) is 10.7 Å². The normalized spacial score (nSPS) is 19.2. The lowest BCUT2D eigenvalue weighted by molar-refractivity contribution is 0.306. The molecular formula is C14H18ClN3. The average Bonchev–Trinajstić information content (AvgIpc) is 2.74. The number of nitrogens with zero attached hydrogens (tertiary/aromatic N) is 1. The quantitative estimate of drug-likeness (QED) is 0.764. The summed E-state index contributed by atoms with van der Waals surface area (Å²) in [6.45, 7) is 2.29. The number of fused-ring (bicyclic) bond motifs is 1. The van der Waals surface area contributed by atoms with Gasteiger partial charge in [0.15, 0.2) is 0 Å². The molecule has 3 rings (SSSR count). The number of imidazole rings is 1. The summed E-state index contributed by atoms with van der Waals surface area (Å²) in [5, 5.41) is 0.656. The van der Waals surface area contributed by atoms with E-state index in [1.165, 1.54) is 32.1 Å². The Labute approximate surface area is 112 Å². The van der Waals surface area contributed by atoms with Crippen molar-refractivity contribution in [2.75, 3.05) is 5.73 Å². The molecule has 0 amide bonds. The van der Waals surface area contributed by atoms with Crippen LogP contribution in [-0.4, -0.2) is 9.97 Å². The van der Waals surface area contributed by atoms with Gasteiger partial charge in [0.2, 0.25) is 0 Å². The first kappa shape index (κ1) is 11.8. The maximum atomic E-state index is 6.03. The van der Waals surface area contributed by atoms with Crippen LogP contribution in [0.15, 0.2) is 12.1 Å². The second-order valence-corrected chi connectivity index (χ2v) is 6.03. The maximum absolute atomic E-state index is 6.03. The molecule has 1 saturated carbocycles. The number of nitrogen functional groups attached to an aromatic ring is 1. The molecule has 0 saturated heterocycles. The van der Waals surface area contributed by atoms with Gasteiger partial charge in [0.1, 0.15) is 11.3 Å². The minimum absolute atomic E-state index is 0.163.